The zero-order valence-electron chi connectivity index (χ0n) is 17.4. The Balaban J connectivity index is 2.12. The average Bonchev–Trinajstić information content (AvgIpc) is 2.65. The highest BCUT2D eigenvalue weighted by Crippen LogP contribution is 2.20. The Bertz CT molecular complexity index is 917. The molecule has 9 heteroatoms. The van der Waals surface area contributed by atoms with E-state index in [2.05, 4.69) is 30.6 Å². The lowest BCUT2D eigenvalue weighted by Gasteiger charge is -2.20. The Morgan fingerprint density at radius 2 is 2.07 bits per heavy atom. The third-order valence-electron chi connectivity index (χ3n) is 3.70. The molecular weight excluding hydrogens is 370 g/mol. The minimum Gasteiger partial charge on any atom is -0.444 e. The molecule has 0 saturated heterocycles. The number of rotatable bonds is 6. The molecule has 0 saturated carbocycles. The van der Waals surface area contributed by atoms with E-state index in [0.29, 0.717) is 24.0 Å². The molecule has 2 rings (SSSR count). The summed E-state index contributed by atoms with van der Waals surface area (Å²) >= 11 is 0. The van der Waals surface area contributed by atoms with E-state index in [1.807, 2.05) is 45.9 Å². The van der Waals surface area contributed by atoms with Crippen molar-refractivity contribution in [3.63, 3.8) is 0 Å². The van der Waals surface area contributed by atoms with Gasteiger partial charge in [0.05, 0.1) is 5.70 Å². The van der Waals surface area contributed by atoms with Crippen LogP contribution in [0.25, 0.3) is 11.4 Å². The highest BCUT2D eigenvalue weighted by Gasteiger charge is 2.16. The summed E-state index contributed by atoms with van der Waals surface area (Å²) in [4.78, 5) is 28.5. The minimum absolute atomic E-state index is 0.361. The lowest BCUT2D eigenvalue weighted by Crippen LogP contribution is -2.32. The predicted molar refractivity (Wildman–Crippen MR) is 113 cm³/mol. The summed E-state index contributed by atoms with van der Waals surface area (Å²) in [5.41, 5.74) is 8.39. The van der Waals surface area contributed by atoms with Crippen molar-refractivity contribution in [2.45, 2.75) is 39.8 Å². The van der Waals surface area contributed by atoms with Gasteiger partial charge in [0.15, 0.2) is 5.82 Å². The number of ether oxygens (including phenoxy) is 1. The highest BCUT2D eigenvalue weighted by molar-refractivity contribution is 5.82. The second-order valence-corrected chi connectivity index (χ2v) is 7.26. The molecule has 9 nitrogen and oxygen atoms in total. The summed E-state index contributed by atoms with van der Waals surface area (Å²) in [6, 6.07) is 5.78. The van der Waals surface area contributed by atoms with Gasteiger partial charge in [-0.25, -0.2) is 14.8 Å². The van der Waals surface area contributed by atoms with E-state index in [1.165, 1.54) is 12.5 Å². The van der Waals surface area contributed by atoms with Crippen LogP contribution in [0.2, 0.25) is 0 Å². The zero-order chi connectivity index (χ0) is 21.4. The lowest BCUT2D eigenvalue weighted by atomic mass is 10.0. The largest absolute Gasteiger partial charge is 0.444 e. The van der Waals surface area contributed by atoms with E-state index in [9.17, 15) is 4.79 Å². The van der Waals surface area contributed by atoms with E-state index in [-0.39, 0.29) is 0 Å². The number of anilines is 1. The fourth-order valence-corrected chi connectivity index (χ4v) is 2.40. The summed E-state index contributed by atoms with van der Waals surface area (Å²) in [7, 11) is 1.64. The van der Waals surface area contributed by atoms with Crippen LogP contribution in [0, 0.1) is 6.92 Å². The second-order valence-electron chi connectivity index (χ2n) is 7.26. The van der Waals surface area contributed by atoms with Crippen LogP contribution in [-0.4, -0.2) is 39.9 Å². The number of carbonyl (C=O) groups excluding carboxylic acids is 1. The number of aryl methyl sites for hydroxylation is 1. The van der Waals surface area contributed by atoms with Gasteiger partial charge in [0.25, 0.3) is 0 Å². The number of aliphatic imine (C=N–C) groups is 1. The summed E-state index contributed by atoms with van der Waals surface area (Å²) in [5, 5.41) is 5.74. The van der Waals surface area contributed by atoms with E-state index < -0.39 is 11.7 Å². The highest BCUT2D eigenvalue weighted by atomic mass is 16.6. The van der Waals surface area contributed by atoms with Gasteiger partial charge in [0.1, 0.15) is 11.9 Å². The predicted octanol–water partition coefficient (Wildman–Crippen LogP) is 2.78. The standard InChI is InChI=1S/C20H27N7O2/c1-13-8-14(6-7-15(13)10-23-19(28)29-20(2,3)4)17-24-12-25-18(27-17)26-16(9-21)11-22-5/h6-9,11-12H,10,21H2,1-5H3,(H,23,28)(H,24,25,26,27). The zero-order valence-corrected chi connectivity index (χ0v) is 17.4. The summed E-state index contributed by atoms with van der Waals surface area (Å²) in [6.07, 6.45) is 3.93. The molecule has 0 spiro atoms. The van der Waals surface area contributed by atoms with Crippen LogP contribution in [0.4, 0.5) is 10.7 Å². The van der Waals surface area contributed by atoms with Crippen molar-refractivity contribution >= 4 is 18.3 Å². The number of benzene rings is 1. The molecule has 0 radical (unpaired) electrons. The molecule has 4 N–H and O–H groups in total. The number of hydrogen-bond donors (Lipinski definition) is 3. The van der Waals surface area contributed by atoms with E-state index >= 15 is 0 Å². The van der Waals surface area contributed by atoms with Crippen molar-refractivity contribution in [1.82, 2.24) is 20.3 Å². The number of alkyl carbamates (subject to hydrolysis) is 1. The maximum absolute atomic E-state index is 11.8. The first-order valence-electron chi connectivity index (χ1n) is 9.08. The first-order valence-corrected chi connectivity index (χ1v) is 9.08. The Morgan fingerprint density at radius 1 is 1.31 bits per heavy atom. The summed E-state index contributed by atoms with van der Waals surface area (Å²) < 4.78 is 5.26. The van der Waals surface area contributed by atoms with Gasteiger partial charge in [0, 0.05) is 31.6 Å². The van der Waals surface area contributed by atoms with Crippen LogP contribution < -0.4 is 16.4 Å². The van der Waals surface area contributed by atoms with Crippen LogP contribution in [-0.2, 0) is 11.3 Å². The fraction of sp³-hybridized carbons (Fsp3) is 0.350. The SMILES string of the molecule is CN=CC(=CN)Nc1ncnc(-c2ccc(CNC(=O)OC(C)(C)C)c(C)c2)n1. The molecule has 0 atom stereocenters. The molecule has 0 aliphatic heterocycles. The molecule has 0 aliphatic rings. The van der Waals surface area contributed by atoms with Crippen LogP contribution in [0.3, 0.4) is 0 Å². The summed E-state index contributed by atoms with van der Waals surface area (Å²) in [6.45, 7) is 7.80. The Hall–Kier alpha value is -3.49. The van der Waals surface area contributed by atoms with E-state index in [4.69, 9.17) is 10.5 Å². The number of nitrogens with zero attached hydrogens (tertiary/aromatic N) is 4. The molecule has 1 aromatic carbocycles. The number of hydrogen-bond acceptors (Lipinski definition) is 8. The molecule has 154 valence electrons. The Labute approximate surface area is 170 Å². The fourth-order valence-electron chi connectivity index (χ4n) is 2.40. The van der Waals surface area contributed by atoms with Gasteiger partial charge in [-0.3, -0.25) is 4.99 Å². The van der Waals surface area contributed by atoms with Gasteiger partial charge >= 0.3 is 6.09 Å². The smallest absolute Gasteiger partial charge is 0.407 e. The molecule has 0 unspecified atom stereocenters. The van der Waals surface area contributed by atoms with Crippen LogP contribution in [0.15, 0.2) is 41.4 Å². The van der Waals surface area contributed by atoms with Crippen LogP contribution >= 0.6 is 0 Å². The molecule has 2 aromatic rings. The molecule has 0 fully saturated rings. The van der Waals surface area contributed by atoms with Crippen molar-refractivity contribution in [3.8, 4) is 11.4 Å². The molecule has 0 aliphatic carbocycles. The molecule has 1 amide bonds. The molecular formula is C20H27N7O2. The normalized spacial score (nSPS) is 12.1. The van der Waals surface area contributed by atoms with Gasteiger partial charge in [0.2, 0.25) is 5.95 Å². The van der Waals surface area contributed by atoms with Crippen LogP contribution in [0.5, 0.6) is 0 Å². The minimum atomic E-state index is -0.532. The maximum Gasteiger partial charge on any atom is 0.407 e. The quantitative estimate of drug-likeness (QED) is 0.640. The number of aromatic nitrogens is 3. The number of nitrogens with two attached hydrogens (primary N) is 1. The number of amides is 1. The number of carbonyl (C=O) groups is 1. The van der Waals surface area contributed by atoms with Crippen LogP contribution in [0.1, 0.15) is 31.9 Å². The monoisotopic (exact) mass is 397 g/mol. The average molecular weight is 397 g/mol. The van der Waals surface area contributed by atoms with Gasteiger partial charge in [-0.15, -0.1) is 0 Å². The van der Waals surface area contributed by atoms with Gasteiger partial charge < -0.3 is 21.1 Å². The van der Waals surface area contributed by atoms with Gasteiger partial charge in [-0.05, 0) is 44.9 Å². The lowest BCUT2D eigenvalue weighted by molar-refractivity contribution is 0.0523. The van der Waals surface area contributed by atoms with E-state index in [1.54, 1.807) is 13.3 Å². The number of allylic oxidation sites excluding steroid dienone is 1. The Morgan fingerprint density at radius 3 is 2.69 bits per heavy atom. The van der Waals surface area contributed by atoms with Crippen molar-refractivity contribution in [3.05, 3.63) is 47.6 Å². The third kappa shape index (κ3) is 6.87. The first kappa shape index (κ1) is 21.8. The molecule has 0 bridgehead atoms. The van der Waals surface area contributed by atoms with Crippen molar-refractivity contribution < 1.29 is 9.53 Å². The maximum atomic E-state index is 11.8. The molecule has 29 heavy (non-hydrogen) atoms. The second kappa shape index (κ2) is 9.63. The third-order valence-corrected chi connectivity index (χ3v) is 3.70. The van der Waals surface area contributed by atoms with Crippen molar-refractivity contribution in [1.29, 1.82) is 0 Å². The van der Waals surface area contributed by atoms with Gasteiger partial charge in [-0.2, -0.15) is 4.98 Å². The Kier molecular flexibility index (Phi) is 7.24. The first-order chi connectivity index (χ1) is 13.7. The summed E-state index contributed by atoms with van der Waals surface area (Å²) in [5.74, 6) is 0.877. The molecule has 1 aromatic heterocycles. The molecule has 1 heterocycles. The van der Waals surface area contributed by atoms with Gasteiger partial charge in [-0.1, -0.05) is 12.1 Å². The topological polar surface area (TPSA) is 127 Å². The van der Waals surface area contributed by atoms with E-state index in [0.717, 1.165) is 16.7 Å². The van der Waals surface area contributed by atoms with Crippen molar-refractivity contribution in [2.24, 2.45) is 10.7 Å². The number of nitrogens with one attached hydrogen (secondary N) is 2. The van der Waals surface area contributed by atoms with Crippen molar-refractivity contribution in [2.75, 3.05) is 12.4 Å².